The fourth-order valence-corrected chi connectivity index (χ4v) is 14.1. The molecule has 0 N–H and O–H groups in total. The first-order valence-corrected chi connectivity index (χ1v) is 29.3. The Balaban J connectivity index is 1.34. The third kappa shape index (κ3) is 9.08. The molecule has 74 heavy (non-hydrogen) atoms. The molecule has 0 saturated heterocycles. The summed E-state index contributed by atoms with van der Waals surface area (Å²) in [6.07, 6.45) is 26.3. The van der Waals surface area contributed by atoms with E-state index in [0.29, 0.717) is 0 Å². The van der Waals surface area contributed by atoms with Crippen molar-refractivity contribution in [1.82, 2.24) is 0 Å². The van der Waals surface area contributed by atoms with Crippen LogP contribution in [-0.2, 0) is 27.1 Å². The Hall–Kier alpha value is -5.08. The molecule has 0 heterocycles. The molecule has 5 aromatic rings. The summed E-state index contributed by atoms with van der Waals surface area (Å²) in [5.41, 5.74) is 18.9. The second kappa shape index (κ2) is 21.2. The number of unbranched alkanes of at least 4 members (excludes halogenated alkanes) is 10. The van der Waals surface area contributed by atoms with Gasteiger partial charge in [0, 0.05) is 39.5 Å². The van der Waals surface area contributed by atoms with Crippen molar-refractivity contribution in [2.75, 3.05) is 9.80 Å². The van der Waals surface area contributed by atoms with Gasteiger partial charge in [0.2, 0.25) is 0 Å². The van der Waals surface area contributed by atoms with E-state index in [2.05, 4.69) is 248 Å². The molecule has 3 aliphatic rings. The molecule has 0 saturated carbocycles. The summed E-state index contributed by atoms with van der Waals surface area (Å²) in [4.78, 5) is 5.07. The fourth-order valence-electron chi connectivity index (χ4n) is 14.1. The van der Waals surface area contributed by atoms with Gasteiger partial charge in [-0.15, -0.1) is 0 Å². The smallest absolute Gasteiger partial charge is 0.0465 e. The number of nitrogens with zero attached hydrogens (tertiary/aromatic N) is 2. The van der Waals surface area contributed by atoms with Gasteiger partial charge in [0.15, 0.2) is 0 Å². The Kier molecular flexibility index (Phi) is 15.8. The minimum atomic E-state index is -0.149. The average Bonchev–Trinajstić information content (AvgIpc) is 3.74. The molecule has 0 radical (unpaired) electrons. The molecule has 2 heteroatoms. The van der Waals surface area contributed by atoms with Gasteiger partial charge in [-0.05, 0) is 170 Å². The molecule has 2 nitrogen and oxygen atoms in total. The van der Waals surface area contributed by atoms with Crippen molar-refractivity contribution in [3.63, 3.8) is 0 Å². The summed E-state index contributed by atoms with van der Waals surface area (Å²) in [6, 6.07) is 41.0. The van der Waals surface area contributed by atoms with Gasteiger partial charge < -0.3 is 9.80 Å². The maximum Gasteiger partial charge on any atom is 0.0465 e. The zero-order valence-electron chi connectivity index (χ0n) is 49.1. The summed E-state index contributed by atoms with van der Waals surface area (Å²) in [5, 5.41) is 0. The van der Waals surface area contributed by atoms with Crippen molar-refractivity contribution in [1.29, 1.82) is 0 Å². The van der Waals surface area contributed by atoms with Crippen LogP contribution in [0.15, 0.2) is 140 Å². The number of hydrogen-bond donors (Lipinski definition) is 0. The topological polar surface area (TPSA) is 6.48 Å². The molecule has 8 rings (SSSR count). The maximum atomic E-state index is 4.48. The first-order valence-electron chi connectivity index (χ1n) is 29.3. The molecule has 394 valence electrons. The molecule has 0 atom stereocenters. The number of para-hydroxylation sites is 1. The Morgan fingerprint density at radius 1 is 0.432 bits per heavy atom. The molecule has 0 aliphatic heterocycles. The third-order valence-corrected chi connectivity index (χ3v) is 21.2. The van der Waals surface area contributed by atoms with Gasteiger partial charge in [0.05, 0.1) is 0 Å². The zero-order chi connectivity index (χ0) is 53.5. The monoisotopic (exact) mass is 989 g/mol. The van der Waals surface area contributed by atoms with Crippen LogP contribution in [-0.4, -0.2) is 0 Å². The molecule has 0 aromatic heterocycles. The molecule has 0 bridgehead atoms. The minimum absolute atomic E-state index is 0.00452. The maximum absolute atomic E-state index is 4.48. The van der Waals surface area contributed by atoms with Crippen LogP contribution < -0.4 is 9.80 Å². The number of benzene rings is 5. The number of allylic oxidation sites excluding steroid dienone is 4. The normalized spacial score (nSPS) is 18.7. The lowest BCUT2D eigenvalue weighted by Crippen LogP contribution is -2.42. The van der Waals surface area contributed by atoms with Gasteiger partial charge in [-0.2, -0.15) is 0 Å². The Morgan fingerprint density at radius 2 is 0.824 bits per heavy atom. The zero-order valence-corrected chi connectivity index (χ0v) is 49.1. The van der Waals surface area contributed by atoms with Crippen molar-refractivity contribution < 1.29 is 0 Å². The van der Waals surface area contributed by atoms with Gasteiger partial charge >= 0.3 is 0 Å². The van der Waals surface area contributed by atoms with Gasteiger partial charge in [0.25, 0.3) is 0 Å². The van der Waals surface area contributed by atoms with Crippen LogP contribution in [0.4, 0.5) is 28.4 Å². The summed E-state index contributed by atoms with van der Waals surface area (Å²) in [7, 11) is 0. The predicted molar refractivity (Wildman–Crippen MR) is 325 cm³/mol. The Bertz CT molecular complexity index is 2840. The second-order valence-corrected chi connectivity index (χ2v) is 26.1. The third-order valence-electron chi connectivity index (χ3n) is 21.2. The molecule has 0 spiro atoms. The SMILES string of the molecule is C=C/C(=C\C=C/C)N(c1ccc2c(c1)C(CCCCCCCC)(CCCCCCCC)c1cc(N(c3ccccc3)c3ccc4c(c3)C(C)(C)C(C)(C)C4(C)C)ccc1-2)c1ccc2c(c1)C(C)(C)C(C)(C)C2(C)C. The van der Waals surface area contributed by atoms with E-state index >= 15 is 0 Å². The summed E-state index contributed by atoms with van der Waals surface area (Å²) in [5.74, 6) is 0. The quantitative estimate of drug-likeness (QED) is 0.0504. The van der Waals surface area contributed by atoms with Crippen LogP contribution in [0.2, 0.25) is 0 Å². The van der Waals surface area contributed by atoms with Gasteiger partial charge in [-0.1, -0.05) is 235 Å². The van der Waals surface area contributed by atoms with Crippen molar-refractivity contribution >= 4 is 28.4 Å². The van der Waals surface area contributed by atoms with Crippen molar-refractivity contribution in [3.05, 3.63) is 173 Å². The number of rotatable bonds is 22. The highest BCUT2D eigenvalue weighted by atomic mass is 15.2. The molecule has 5 aromatic carbocycles. The standard InChI is InChI=1S/C72H96N2/c1-17-21-24-26-28-33-46-72(47-34-29-27-25-22-18-2)62-48-54(73(52(20-4)35-23-19-3)56-40-44-60-64(50-56)68(9,10)70(13,14)66(60,5)6)38-42-58(62)59-43-39-55(49-63(59)72)74(53-36-31-30-32-37-53)57-41-45-61-65(51-57)69(11,12)71(15,16)67(61,7)8/h19-20,23,30-32,35-45,48-51H,4,17-18,21-22,24-29,33-34,46-47H2,1-3,5-16H3/b23-19-,52-35+. The lowest BCUT2D eigenvalue weighted by Gasteiger charge is -2.44. The molecule has 3 aliphatic carbocycles. The van der Waals surface area contributed by atoms with Gasteiger partial charge in [0.1, 0.15) is 0 Å². The van der Waals surface area contributed by atoms with Crippen molar-refractivity contribution in [2.24, 2.45) is 10.8 Å². The van der Waals surface area contributed by atoms with E-state index in [1.807, 2.05) is 0 Å². The van der Waals surface area contributed by atoms with E-state index < -0.39 is 0 Å². The highest BCUT2D eigenvalue weighted by molar-refractivity contribution is 5.88. The van der Waals surface area contributed by atoms with Crippen LogP contribution in [0.1, 0.15) is 227 Å². The van der Waals surface area contributed by atoms with Crippen LogP contribution in [0.25, 0.3) is 11.1 Å². The van der Waals surface area contributed by atoms with Crippen molar-refractivity contribution in [2.45, 2.75) is 221 Å². The number of fused-ring (bicyclic) bond motifs is 5. The summed E-state index contributed by atoms with van der Waals surface area (Å²) < 4.78 is 0. The molecular formula is C72H96N2. The van der Waals surface area contributed by atoms with E-state index in [1.54, 1.807) is 0 Å². The Morgan fingerprint density at radius 3 is 1.30 bits per heavy atom. The van der Waals surface area contributed by atoms with E-state index in [0.717, 1.165) is 18.5 Å². The summed E-state index contributed by atoms with van der Waals surface area (Å²) >= 11 is 0. The van der Waals surface area contributed by atoms with E-state index in [1.165, 1.54) is 150 Å². The van der Waals surface area contributed by atoms with Gasteiger partial charge in [-0.3, -0.25) is 0 Å². The number of hydrogen-bond acceptors (Lipinski definition) is 2. The lowest BCUT2D eigenvalue weighted by molar-refractivity contribution is 0.125. The number of anilines is 5. The fraction of sp³-hybridized carbons (Fsp3) is 0.500. The van der Waals surface area contributed by atoms with E-state index in [4.69, 9.17) is 0 Å². The average molecular weight is 990 g/mol. The van der Waals surface area contributed by atoms with Crippen LogP contribution in [0.5, 0.6) is 0 Å². The predicted octanol–water partition coefficient (Wildman–Crippen LogP) is 21.9. The summed E-state index contributed by atoms with van der Waals surface area (Å²) in [6.45, 7) is 40.8. The molecule has 0 amide bonds. The van der Waals surface area contributed by atoms with Crippen LogP contribution >= 0.6 is 0 Å². The highest BCUT2D eigenvalue weighted by Gasteiger charge is 2.58. The lowest BCUT2D eigenvalue weighted by atomic mass is 9.59. The highest BCUT2D eigenvalue weighted by Crippen LogP contribution is 2.64. The van der Waals surface area contributed by atoms with E-state index in [-0.39, 0.29) is 37.9 Å². The van der Waals surface area contributed by atoms with Crippen LogP contribution in [0.3, 0.4) is 0 Å². The van der Waals surface area contributed by atoms with Crippen LogP contribution in [0, 0.1) is 10.8 Å². The minimum Gasteiger partial charge on any atom is -0.311 e. The molecule has 0 fully saturated rings. The molecule has 0 unspecified atom stereocenters. The first kappa shape index (κ1) is 55.2. The van der Waals surface area contributed by atoms with E-state index in [9.17, 15) is 0 Å². The second-order valence-electron chi connectivity index (χ2n) is 26.1. The van der Waals surface area contributed by atoms with Crippen molar-refractivity contribution in [3.8, 4) is 11.1 Å². The molecular weight excluding hydrogens is 893 g/mol. The largest absolute Gasteiger partial charge is 0.311 e. The Labute approximate surface area is 451 Å². The first-order chi connectivity index (χ1) is 35.1. The van der Waals surface area contributed by atoms with Gasteiger partial charge in [-0.25, -0.2) is 0 Å².